The number of carbonyl (C=O) groups is 5. The number of amides is 3. The van der Waals surface area contributed by atoms with Crippen LogP contribution in [0.25, 0.3) is 0 Å². The highest BCUT2D eigenvalue weighted by Crippen LogP contribution is 2.58. The number of halogens is 3. The number of Topliss-reactive ketones (excluding diaryl/α,β-unsaturated/α-hetero) is 1. The fourth-order valence-electron chi connectivity index (χ4n) is 5.24. The lowest BCUT2D eigenvalue weighted by Gasteiger charge is -2.25. The molecule has 0 bridgehead atoms. The minimum Gasteiger partial charge on any atom is -0.460 e. The van der Waals surface area contributed by atoms with Gasteiger partial charge in [-0.15, -0.1) is 0 Å². The molecule has 1 unspecified atom stereocenters. The van der Waals surface area contributed by atoms with Crippen molar-refractivity contribution in [2.75, 3.05) is 6.54 Å². The van der Waals surface area contributed by atoms with Gasteiger partial charge in [-0.2, -0.15) is 13.2 Å². The number of hydrogen-bond acceptors (Lipinski definition) is 6. The molecule has 3 N–H and O–H groups in total. The Hall–Kier alpha value is -4.22. The van der Waals surface area contributed by atoms with Crippen LogP contribution in [0.1, 0.15) is 83.9 Å². The van der Waals surface area contributed by atoms with Crippen LogP contribution in [0, 0.1) is 0 Å². The van der Waals surface area contributed by atoms with Gasteiger partial charge < -0.3 is 20.7 Å². The number of hydrogen-bond donors (Lipinski definition) is 2. The van der Waals surface area contributed by atoms with Crippen molar-refractivity contribution in [2.45, 2.75) is 82.7 Å². The molecule has 3 amide bonds. The smallest absolute Gasteiger partial charge is 0.398 e. The summed E-state index contributed by atoms with van der Waals surface area (Å²) >= 11 is 0. The molecule has 1 heterocycles. The van der Waals surface area contributed by atoms with Crippen molar-refractivity contribution in [2.24, 2.45) is 5.73 Å². The zero-order chi connectivity index (χ0) is 31.7. The standard InChI is InChI=1S/C31H34F3N3O6/c1-29(2,3)43-24(38)11-10-23(26(35)40)37-17-20-16-18(4-9-22(20)28(37)42)12-15-36-27(41)25(39)19-5-7-21(8-6-19)30(13-14-30)31(32,33)34/h4-9,16,23H,10-15,17H2,1-3H3,(H2,35,40)(H,36,41). The summed E-state index contributed by atoms with van der Waals surface area (Å²) in [7, 11) is 0. The van der Waals surface area contributed by atoms with E-state index in [0.717, 1.165) is 5.56 Å². The molecular formula is C31H34F3N3O6. The maximum absolute atomic E-state index is 13.3. The van der Waals surface area contributed by atoms with Crippen LogP contribution in [0.5, 0.6) is 0 Å². The molecule has 4 rings (SSSR count). The Kier molecular flexibility index (Phi) is 8.71. The Bertz CT molecular complexity index is 1440. The van der Waals surface area contributed by atoms with E-state index in [1.54, 1.807) is 39.0 Å². The number of ether oxygens (including phenoxy) is 1. The Morgan fingerprint density at radius 2 is 1.70 bits per heavy atom. The molecule has 2 aromatic rings. The van der Waals surface area contributed by atoms with Crippen molar-refractivity contribution >= 4 is 29.5 Å². The van der Waals surface area contributed by atoms with Crippen molar-refractivity contribution in [3.05, 3.63) is 70.3 Å². The summed E-state index contributed by atoms with van der Waals surface area (Å²) in [5.41, 5.74) is 4.89. The van der Waals surface area contributed by atoms with Crippen molar-refractivity contribution < 1.29 is 41.9 Å². The lowest BCUT2D eigenvalue weighted by atomic mass is 9.94. The van der Waals surface area contributed by atoms with Gasteiger partial charge in [0.05, 0.1) is 5.41 Å². The van der Waals surface area contributed by atoms with Gasteiger partial charge in [-0.25, -0.2) is 0 Å². The Balaban J connectivity index is 1.31. The number of nitrogens with one attached hydrogen (secondary N) is 1. The number of carbonyl (C=O) groups excluding carboxylic acids is 5. The highest BCUT2D eigenvalue weighted by Gasteiger charge is 2.64. The van der Waals surface area contributed by atoms with E-state index in [9.17, 15) is 37.1 Å². The number of fused-ring (bicyclic) bond motifs is 1. The van der Waals surface area contributed by atoms with Crippen LogP contribution in [0.3, 0.4) is 0 Å². The second kappa shape index (κ2) is 11.8. The largest absolute Gasteiger partial charge is 0.460 e. The molecule has 0 aromatic heterocycles. The van der Waals surface area contributed by atoms with Gasteiger partial charge in [0.25, 0.3) is 11.8 Å². The molecule has 0 spiro atoms. The first-order chi connectivity index (χ1) is 20.0. The third-order valence-corrected chi connectivity index (χ3v) is 7.65. The minimum absolute atomic E-state index is 0.00100. The number of nitrogens with two attached hydrogens (primary N) is 1. The van der Waals surface area contributed by atoms with Crippen LogP contribution in [-0.4, -0.2) is 58.7 Å². The summed E-state index contributed by atoms with van der Waals surface area (Å²) in [5, 5.41) is 2.52. The molecule has 9 nitrogen and oxygen atoms in total. The van der Waals surface area contributed by atoms with Gasteiger partial charge in [0, 0.05) is 30.6 Å². The maximum Gasteiger partial charge on any atom is 0.398 e. The van der Waals surface area contributed by atoms with Gasteiger partial charge in [0.15, 0.2) is 0 Å². The van der Waals surface area contributed by atoms with Crippen molar-refractivity contribution in [1.82, 2.24) is 10.2 Å². The number of rotatable bonds is 11. The third kappa shape index (κ3) is 7.06. The number of benzene rings is 2. The Morgan fingerprint density at radius 1 is 1.05 bits per heavy atom. The molecule has 1 saturated carbocycles. The summed E-state index contributed by atoms with van der Waals surface area (Å²) in [5.74, 6) is -3.37. The Labute approximate surface area is 246 Å². The van der Waals surface area contributed by atoms with E-state index in [-0.39, 0.29) is 55.8 Å². The van der Waals surface area contributed by atoms with Crippen molar-refractivity contribution in [3.8, 4) is 0 Å². The van der Waals surface area contributed by atoms with Crippen LogP contribution < -0.4 is 11.1 Å². The molecule has 1 fully saturated rings. The summed E-state index contributed by atoms with van der Waals surface area (Å²) in [6.07, 6.45) is -4.12. The zero-order valence-corrected chi connectivity index (χ0v) is 24.2. The molecule has 0 radical (unpaired) electrons. The molecule has 43 heavy (non-hydrogen) atoms. The van der Waals surface area contributed by atoms with Crippen LogP contribution in [-0.2, 0) is 37.5 Å². The zero-order valence-electron chi connectivity index (χ0n) is 24.2. The van der Waals surface area contributed by atoms with E-state index >= 15 is 0 Å². The molecule has 1 aliphatic carbocycles. The van der Waals surface area contributed by atoms with E-state index < -0.39 is 46.8 Å². The summed E-state index contributed by atoms with van der Waals surface area (Å²) in [4.78, 5) is 63.6. The van der Waals surface area contributed by atoms with E-state index in [0.29, 0.717) is 17.5 Å². The van der Waals surface area contributed by atoms with E-state index in [2.05, 4.69) is 5.32 Å². The fraction of sp³-hybridized carbons (Fsp3) is 0.452. The van der Waals surface area contributed by atoms with Crippen LogP contribution in [0.2, 0.25) is 0 Å². The van der Waals surface area contributed by atoms with Crippen molar-refractivity contribution in [1.29, 1.82) is 0 Å². The Morgan fingerprint density at radius 3 is 2.26 bits per heavy atom. The van der Waals surface area contributed by atoms with Crippen molar-refractivity contribution in [3.63, 3.8) is 0 Å². The highest BCUT2D eigenvalue weighted by molar-refractivity contribution is 6.42. The first-order valence-corrected chi connectivity index (χ1v) is 14.0. The average molecular weight is 602 g/mol. The van der Waals surface area contributed by atoms with E-state index in [1.807, 2.05) is 0 Å². The highest BCUT2D eigenvalue weighted by atomic mass is 19.4. The van der Waals surface area contributed by atoms with E-state index in [4.69, 9.17) is 10.5 Å². The van der Waals surface area contributed by atoms with Gasteiger partial charge in [0.2, 0.25) is 11.7 Å². The minimum atomic E-state index is -4.37. The molecule has 2 aromatic carbocycles. The second-order valence-corrected chi connectivity index (χ2v) is 12.0. The lowest BCUT2D eigenvalue weighted by molar-refractivity contribution is -0.160. The predicted octanol–water partition coefficient (Wildman–Crippen LogP) is 3.75. The van der Waals surface area contributed by atoms with Gasteiger partial charge in [-0.1, -0.05) is 36.4 Å². The topological polar surface area (TPSA) is 136 Å². The summed E-state index contributed by atoms with van der Waals surface area (Å²) < 4.78 is 45.3. The third-order valence-electron chi connectivity index (χ3n) is 7.65. The molecular weight excluding hydrogens is 567 g/mol. The number of alkyl halides is 3. The summed E-state index contributed by atoms with van der Waals surface area (Å²) in [6, 6.07) is 9.03. The molecule has 2 aliphatic rings. The number of primary amides is 1. The van der Waals surface area contributed by atoms with Crippen LogP contribution in [0.4, 0.5) is 13.2 Å². The van der Waals surface area contributed by atoms with Gasteiger partial charge in [-0.3, -0.25) is 24.0 Å². The summed E-state index contributed by atoms with van der Waals surface area (Å²) in [6.45, 7) is 5.38. The number of ketones is 1. The number of esters is 1. The predicted molar refractivity (Wildman–Crippen MR) is 149 cm³/mol. The van der Waals surface area contributed by atoms with E-state index in [1.165, 1.54) is 29.2 Å². The van der Waals surface area contributed by atoms with Gasteiger partial charge in [-0.05, 0) is 69.2 Å². The quantitative estimate of drug-likeness (QED) is 0.229. The lowest BCUT2D eigenvalue weighted by Crippen LogP contribution is -2.45. The van der Waals surface area contributed by atoms with Crippen LogP contribution in [0.15, 0.2) is 42.5 Å². The normalized spacial score (nSPS) is 16.3. The molecule has 12 heteroatoms. The van der Waals surface area contributed by atoms with Gasteiger partial charge >= 0.3 is 12.1 Å². The first kappa shape index (κ1) is 31.7. The average Bonchev–Trinajstić information content (AvgIpc) is 3.68. The molecule has 1 aliphatic heterocycles. The monoisotopic (exact) mass is 601 g/mol. The molecule has 0 saturated heterocycles. The fourth-order valence-corrected chi connectivity index (χ4v) is 5.24. The molecule has 1 atom stereocenters. The second-order valence-electron chi connectivity index (χ2n) is 12.0. The van der Waals surface area contributed by atoms with Crippen LogP contribution >= 0.6 is 0 Å². The SMILES string of the molecule is CC(C)(C)OC(=O)CCC(C(N)=O)N1Cc2cc(CCNC(=O)C(=O)c3ccc(C4(C(F)(F)F)CC4)cc3)ccc2C1=O. The number of nitrogens with zero attached hydrogens (tertiary/aromatic N) is 1. The van der Waals surface area contributed by atoms with Gasteiger partial charge in [0.1, 0.15) is 11.6 Å². The maximum atomic E-state index is 13.3. The first-order valence-electron chi connectivity index (χ1n) is 14.0. The molecule has 230 valence electrons.